The SMILES string of the molecule is Cc1ccc(S(=O)(=O)n2c(OC(C)C)cc3cc(Cl)ccc32)cc1. The molecule has 2 aromatic carbocycles. The smallest absolute Gasteiger partial charge is 0.271 e. The van der Waals surface area contributed by atoms with Gasteiger partial charge in [-0.15, -0.1) is 0 Å². The van der Waals surface area contributed by atoms with Crippen LogP contribution in [0.3, 0.4) is 0 Å². The van der Waals surface area contributed by atoms with Crippen molar-refractivity contribution in [3.8, 4) is 5.88 Å². The van der Waals surface area contributed by atoms with Crippen molar-refractivity contribution in [2.45, 2.75) is 31.8 Å². The van der Waals surface area contributed by atoms with E-state index in [9.17, 15) is 8.42 Å². The van der Waals surface area contributed by atoms with Gasteiger partial charge < -0.3 is 4.74 Å². The molecule has 0 saturated carbocycles. The normalized spacial score (nSPS) is 12.0. The fourth-order valence-corrected chi connectivity index (χ4v) is 4.15. The van der Waals surface area contributed by atoms with Gasteiger partial charge in [-0.2, -0.15) is 0 Å². The zero-order valence-corrected chi connectivity index (χ0v) is 15.2. The minimum atomic E-state index is -3.78. The van der Waals surface area contributed by atoms with Crippen LogP contribution in [-0.2, 0) is 10.0 Å². The van der Waals surface area contributed by atoms with Crippen molar-refractivity contribution in [3.05, 3.63) is 59.1 Å². The largest absolute Gasteiger partial charge is 0.475 e. The number of hydrogen-bond donors (Lipinski definition) is 0. The van der Waals surface area contributed by atoms with Gasteiger partial charge in [-0.05, 0) is 51.1 Å². The summed E-state index contributed by atoms with van der Waals surface area (Å²) < 4.78 is 33.3. The predicted octanol–water partition coefficient (Wildman–Crippen LogP) is 4.63. The van der Waals surface area contributed by atoms with Crippen molar-refractivity contribution in [2.24, 2.45) is 0 Å². The molecular weight excluding hydrogens is 346 g/mol. The second-order valence-corrected chi connectivity index (χ2v) is 8.16. The first kappa shape index (κ1) is 16.9. The Bertz CT molecular complexity index is 989. The van der Waals surface area contributed by atoms with Crippen LogP contribution >= 0.6 is 11.6 Å². The van der Waals surface area contributed by atoms with Crippen LogP contribution in [0.4, 0.5) is 0 Å². The van der Waals surface area contributed by atoms with Crippen molar-refractivity contribution >= 4 is 32.5 Å². The molecule has 1 heterocycles. The van der Waals surface area contributed by atoms with E-state index < -0.39 is 10.0 Å². The van der Waals surface area contributed by atoms with Gasteiger partial charge in [0.1, 0.15) is 0 Å². The highest BCUT2D eigenvalue weighted by Crippen LogP contribution is 2.32. The van der Waals surface area contributed by atoms with Crippen LogP contribution in [0.15, 0.2) is 53.4 Å². The van der Waals surface area contributed by atoms with Crippen LogP contribution < -0.4 is 4.74 Å². The van der Waals surface area contributed by atoms with E-state index in [2.05, 4.69) is 0 Å². The molecule has 6 heteroatoms. The lowest BCUT2D eigenvalue weighted by Gasteiger charge is -2.14. The fraction of sp³-hybridized carbons (Fsp3) is 0.222. The van der Waals surface area contributed by atoms with Crippen LogP contribution in [0, 0.1) is 6.92 Å². The summed E-state index contributed by atoms with van der Waals surface area (Å²) >= 11 is 6.04. The maximum absolute atomic E-state index is 13.2. The van der Waals surface area contributed by atoms with E-state index in [1.807, 2.05) is 20.8 Å². The molecule has 1 aromatic heterocycles. The first-order valence-corrected chi connectivity index (χ1v) is 9.41. The van der Waals surface area contributed by atoms with E-state index in [1.54, 1.807) is 48.5 Å². The summed E-state index contributed by atoms with van der Waals surface area (Å²) in [5.74, 6) is 0.280. The Kier molecular flexibility index (Phi) is 4.32. The molecule has 0 fully saturated rings. The van der Waals surface area contributed by atoms with Gasteiger partial charge in [0.25, 0.3) is 10.0 Å². The molecule has 0 unspecified atom stereocenters. The van der Waals surface area contributed by atoms with Gasteiger partial charge in [0.05, 0.1) is 16.5 Å². The van der Waals surface area contributed by atoms with Gasteiger partial charge in [-0.1, -0.05) is 29.3 Å². The van der Waals surface area contributed by atoms with Crippen molar-refractivity contribution in [1.82, 2.24) is 3.97 Å². The minimum absolute atomic E-state index is 0.156. The number of aryl methyl sites for hydroxylation is 1. The molecule has 0 aliphatic heterocycles. The van der Waals surface area contributed by atoms with Crippen molar-refractivity contribution in [1.29, 1.82) is 0 Å². The highest BCUT2D eigenvalue weighted by atomic mass is 35.5. The first-order chi connectivity index (χ1) is 11.3. The van der Waals surface area contributed by atoms with Gasteiger partial charge in [0.2, 0.25) is 5.88 Å². The standard InChI is InChI=1S/C18H18ClNO3S/c1-12(2)23-18-11-14-10-15(19)6-9-17(14)20(18)24(21,22)16-7-4-13(3)5-8-16/h4-12H,1-3H3. The topological polar surface area (TPSA) is 48.3 Å². The molecular formula is C18H18ClNO3S. The maximum atomic E-state index is 13.2. The van der Waals surface area contributed by atoms with E-state index in [0.29, 0.717) is 15.9 Å². The summed E-state index contributed by atoms with van der Waals surface area (Å²) in [5.41, 5.74) is 1.53. The number of aromatic nitrogens is 1. The maximum Gasteiger partial charge on any atom is 0.271 e. The molecule has 0 aliphatic carbocycles. The third-order valence-electron chi connectivity index (χ3n) is 3.60. The molecule has 0 spiro atoms. The van der Waals surface area contributed by atoms with Crippen LogP contribution in [0.5, 0.6) is 5.88 Å². The molecule has 0 atom stereocenters. The molecule has 0 amide bonds. The molecule has 126 valence electrons. The van der Waals surface area contributed by atoms with Gasteiger partial charge in [0, 0.05) is 16.5 Å². The second kappa shape index (κ2) is 6.15. The fourth-order valence-electron chi connectivity index (χ4n) is 2.52. The zero-order valence-electron chi connectivity index (χ0n) is 13.7. The van der Waals surface area contributed by atoms with Crippen LogP contribution in [0.1, 0.15) is 19.4 Å². The van der Waals surface area contributed by atoms with Gasteiger partial charge in [0.15, 0.2) is 0 Å². The Balaban J connectivity index is 2.28. The highest BCUT2D eigenvalue weighted by molar-refractivity contribution is 7.90. The Hall–Kier alpha value is -1.98. The van der Waals surface area contributed by atoms with Crippen LogP contribution in [0.2, 0.25) is 5.02 Å². The van der Waals surface area contributed by atoms with Crippen LogP contribution in [0.25, 0.3) is 10.9 Å². The average molecular weight is 364 g/mol. The van der Waals surface area contributed by atoms with E-state index in [1.165, 1.54) is 3.97 Å². The molecule has 24 heavy (non-hydrogen) atoms. The summed E-state index contributed by atoms with van der Waals surface area (Å²) in [6.07, 6.45) is -0.156. The predicted molar refractivity (Wildman–Crippen MR) is 96.5 cm³/mol. The highest BCUT2D eigenvalue weighted by Gasteiger charge is 2.24. The molecule has 0 bridgehead atoms. The number of ether oxygens (including phenoxy) is 1. The molecule has 3 rings (SSSR count). The monoisotopic (exact) mass is 363 g/mol. The Morgan fingerprint density at radius 3 is 2.33 bits per heavy atom. The Morgan fingerprint density at radius 2 is 1.71 bits per heavy atom. The lowest BCUT2D eigenvalue weighted by molar-refractivity contribution is 0.231. The third-order valence-corrected chi connectivity index (χ3v) is 5.56. The van der Waals surface area contributed by atoms with E-state index in [0.717, 1.165) is 5.56 Å². The molecule has 0 saturated heterocycles. The first-order valence-electron chi connectivity index (χ1n) is 7.59. The number of rotatable bonds is 4. The zero-order chi connectivity index (χ0) is 17.5. The Labute approximate surface area is 146 Å². The molecule has 4 nitrogen and oxygen atoms in total. The van der Waals surface area contributed by atoms with E-state index in [4.69, 9.17) is 16.3 Å². The number of fused-ring (bicyclic) bond motifs is 1. The summed E-state index contributed by atoms with van der Waals surface area (Å²) in [4.78, 5) is 0.217. The number of hydrogen-bond acceptors (Lipinski definition) is 3. The Morgan fingerprint density at radius 1 is 1.04 bits per heavy atom. The van der Waals surface area contributed by atoms with E-state index >= 15 is 0 Å². The number of nitrogens with zero attached hydrogens (tertiary/aromatic N) is 1. The summed E-state index contributed by atoms with van der Waals surface area (Å²) in [6, 6.07) is 13.5. The summed E-state index contributed by atoms with van der Waals surface area (Å²) in [5, 5.41) is 1.26. The summed E-state index contributed by atoms with van der Waals surface area (Å²) in [6.45, 7) is 5.62. The molecule has 0 N–H and O–H groups in total. The van der Waals surface area contributed by atoms with Crippen LogP contribution in [-0.4, -0.2) is 18.5 Å². The van der Waals surface area contributed by atoms with Gasteiger partial charge in [-0.25, -0.2) is 12.4 Å². The minimum Gasteiger partial charge on any atom is -0.475 e. The number of halogens is 1. The average Bonchev–Trinajstić information content (AvgIpc) is 2.84. The third kappa shape index (κ3) is 3.01. The van der Waals surface area contributed by atoms with Gasteiger partial charge >= 0.3 is 0 Å². The molecule has 0 radical (unpaired) electrons. The second-order valence-electron chi connectivity index (χ2n) is 5.93. The van der Waals surface area contributed by atoms with Crippen molar-refractivity contribution in [2.75, 3.05) is 0 Å². The lowest BCUT2D eigenvalue weighted by Crippen LogP contribution is -2.17. The van der Waals surface area contributed by atoms with Gasteiger partial charge in [-0.3, -0.25) is 0 Å². The van der Waals surface area contributed by atoms with E-state index in [-0.39, 0.29) is 16.9 Å². The summed E-state index contributed by atoms with van der Waals surface area (Å²) in [7, 11) is -3.78. The lowest BCUT2D eigenvalue weighted by atomic mass is 10.2. The van der Waals surface area contributed by atoms with Crippen molar-refractivity contribution in [3.63, 3.8) is 0 Å². The molecule has 3 aromatic rings. The quantitative estimate of drug-likeness (QED) is 0.679. The van der Waals surface area contributed by atoms with Crippen molar-refractivity contribution < 1.29 is 13.2 Å². The number of benzene rings is 2. The molecule has 0 aliphatic rings.